The van der Waals surface area contributed by atoms with Gasteiger partial charge in [0.25, 0.3) is 0 Å². The summed E-state index contributed by atoms with van der Waals surface area (Å²) in [5.41, 5.74) is 1.95. The highest BCUT2D eigenvalue weighted by molar-refractivity contribution is 7.08. The predicted molar refractivity (Wildman–Crippen MR) is 64.4 cm³/mol. The second-order valence-electron chi connectivity index (χ2n) is 3.16. The molecule has 0 aliphatic heterocycles. The first-order valence-corrected chi connectivity index (χ1v) is 5.59. The molecule has 2 rings (SSSR count). The van der Waals surface area contributed by atoms with Crippen molar-refractivity contribution in [2.75, 3.05) is 0 Å². The first-order chi connectivity index (χ1) is 7.77. The van der Waals surface area contributed by atoms with Crippen LogP contribution in [0, 0.1) is 0 Å². The van der Waals surface area contributed by atoms with Crippen molar-refractivity contribution in [3.05, 3.63) is 52.0 Å². The minimum absolute atomic E-state index is 0.217. The Bertz CT molecular complexity index is 518. The second-order valence-corrected chi connectivity index (χ2v) is 3.94. The van der Waals surface area contributed by atoms with Gasteiger partial charge in [0.1, 0.15) is 0 Å². The van der Waals surface area contributed by atoms with Gasteiger partial charge in [0.15, 0.2) is 0 Å². The Labute approximate surface area is 96.7 Å². The molecule has 0 fully saturated rings. The van der Waals surface area contributed by atoms with Gasteiger partial charge in [-0.25, -0.2) is 4.79 Å². The van der Waals surface area contributed by atoms with Gasteiger partial charge in [0, 0.05) is 12.4 Å². The summed E-state index contributed by atoms with van der Waals surface area (Å²) in [4.78, 5) is 14.7. The molecule has 80 valence electrons. The number of hydrogen-bond donors (Lipinski definition) is 1. The number of carboxylic acid groups (broad SMARTS) is 1. The van der Waals surface area contributed by atoms with Crippen molar-refractivity contribution in [3.8, 4) is 0 Å². The van der Waals surface area contributed by atoms with E-state index in [-0.39, 0.29) is 5.56 Å². The molecule has 0 unspecified atom stereocenters. The van der Waals surface area contributed by atoms with Gasteiger partial charge < -0.3 is 5.11 Å². The molecule has 0 aromatic carbocycles. The second kappa shape index (κ2) is 4.72. The highest BCUT2D eigenvalue weighted by Crippen LogP contribution is 2.13. The van der Waals surface area contributed by atoms with Crippen molar-refractivity contribution in [2.45, 2.75) is 0 Å². The molecule has 16 heavy (non-hydrogen) atoms. The lowest BCUT2D eigenvalue weighted by Gasteiger charge is -1.98. The maximum Gasteiger partial charge on any atom is 0.337 e. The Morgan fingerprint density at radius 2 is 2.25 bits per heavy atom. The molecule has 2 heterocycles. The quantitative estimate of drug-likeness (QED) is 0.883. The number of carbonyl (C=O) groups is 1. The highest BCUT2D eigenvalue weighted by atomic mass is 32.1. The number of aromatic carboxylic acids is 1. The topological polar surface area (TPSA) is 50.2 Å². The summed E-state index contributed by atoms with van der Waals surface area (Å²) in [6.07, 6.45) is 6.61. The minimum atomic E-state index is -0.960. The molecule has 0 radical (unpaired) electrons. The molecule has 4 heteroatoms. The van der Waals surface area contributed by atoms with Crippen molar-refractivity contribution >= 4 is 29.5 Å². The third-order valence-corrected chi connectivity index (χ3v) is 2.79. The molecular weight excluding hydrogens is 222 g/mol. The van der Waals surface area contributed by atoms with Crippen LogP contribution in [-0.4, -0.2) is 16.1 Å². The zero-order chi connectivity index (χ0) is 11.4. The van der Waals surface area contributed by atoms with Gasteiger partial charge in [-0.05, 0) is 34.0 Å². The molecule has 1 N–H and O–H groups in total. The molecule has 0 bridgehead atoms. The summed E-state index contributed by atoms with van der Waals surface area (Å²) in [6.45, 7) is 0. The third-order valence-electron chi connectivity index (χ3n) is 2.08. The van der Waals surface area contributed by atoms with Crippen molar-refractivity contribution in [1.29, 1.82) is 0 Å². The molecule has 0 aliphatic rings. The molecule has 0 atom stereocenters. The Morgan fingerprint density at radius 1 is 1.38 bits per heavy atom. The van der Waals surface area contributed by atoms with Crippen LogP contribution in [0.3, 0.4) is 0 Å². The van der Waals surface area contributed by atoms with E-state index in [1.54, 1.807) is 29.7 Å². The van der Waals surface area contributed by atoms with Gasteiger partial charge in [-0.3, -0.25) is 4.98 Å². The average molecular weight is 231 g/mol. The predicted octanol–water partition coefficient (Wildman–Crippen LogP) is 3.01. The van der Waals surface area contributed by atoms with E-state index in [2.05, 4.69) is 4.98 Å². The summed E-state index contributed by atoms with van der Waals surface area (Å²) >= 11 is 1.61. The third kappa shape index (κ3) is 2.35. The molecular formula is C12H9NO2S. The number of carboxylic acids is 1. The Morgan fingerprint density at radius 3 is 2.94 bits per heavy atom. The summed E-state index contributed by atoms with van der Waals surface area (Å²) in [5.74, 6) is -0.960. The van der Waals surface area contributed by atoms with Crippen LogP contribution in [-0.2, 0) is 0 Å². The van der Waals surface area contributed by atoms with Gasteiger partial charge in [-0.2, -0.15) is 11.3 Å². The monoisotopic (exact) mass is 231 g/mol. The molecule has 0 saturated heterocycles. The molecule has 2 aromatic heterocycles. The summed E-state index contributed by atoms with van der Waals surface area (Å²) in [6, 6.07) is 3.66. The number of aromatic nitrogens is 1. The van der Waals surface area contributed by atoms with Crippen molar-refractivity contribution in [1.82, 2.24) is 4.98 Å². The van der Waals surface area contributed by atoms with E-state index in [0.717, 1.165) is 5.56 Å². The van der Waals surface area contributed by atoms with Gasteiger partial charge >= 0.3 is 5.97 Å². The lowest BCUT2D eigenvalue weighted by Crippen LogP contribution is -1.99. The van der Waals surface area contributed by atoms with Crippen LogP contribution in [0.4, 0.5) is 0 Å². The van der Waals surface area contributed by atoms with E-state index >= 15 is 0 Å². The average Bonchev–Trinajstić information content (AvgIpc) is 2.79. The molecule has 0 saturated carbocycles. The number of rotatable bonds is 3. The van der Waals surface area contributed by atoms with Gasteiger partial charge in [0.2, 0.25) is 0 Å². The fourth-order valence-corrected chi connectivity index (χ4v) is 1.91. The number of pyridine rings is 1. The van der Waals surface area contributed by atoms with Crippen LogP contribution in [0.1, 0.15) is 21.5 Å². The maximum atomic E-state index is 10.9. The van der Waals surface area contributed by atoms with Crippen LogP contribution < -0.4 is 0 Å². The lowest BCUT2D eigenvalue weighted by molar-refractivity contribution is 0.0696. The smallest absolute Gasteiger partial charge is 0.337 e. The van der Waals surface area contributed by atoms with E-state index in [9.17, 15) is 4.79 Å². The fraction of sp³-hybridized carbons (Fsp3) is 0. The first-order valence-electron chi connectivity index (χ1n) is 4.65. The SMILES string of the molecule is O=C(O)c1cnccc1/C=C/c1ccsc1. The van der Waals surface area contributed by atoms with Crippen LogP contribution >= 0.6 is 11.3 Å². The Balaban J connectivity index is 2.31. The molecule has 3 nitrogen and oxygen atoms in total. The molecule has 0 aliphatic carbocycles. The van der Waals surface area contributed by atoms with Crippen molar-refractivity contribution < 1.29 is 9.90 Å². The van der Waals surface area contributed by atoms with E-state index < -0.39 is 5.97 Å². The van der Waals surface area contributed by atoms with E-state index in [0.29, 0.717) is 5.56 Å². The van der Waals surface area contributed by atoms with Gasteiger partial charge in [0.05, 0.1) is 5.56 Å². The van der Waals surface area contributed by atoms with E-state index in [1.165, 1.54) is 6.20 Å². The van der Waals surface area contributed by atoms with E-state index in [1.807, 2.05) is 22.9 Å². The number of nitrogens with zero attached hydrogens (tertiary/aromatic N) is 1. The molecule has 2 aromatic rings. The van der Waals surface area contributed by atoms with Crippen molar-refractivity contribution in [2.24, 2.45) is 0 Å². The number of thiophene rings is 1. The highest BCUT2D eigenvalue weighted by Gasteiger charge is 2.06. The van der Waals surface area contributed by atoms with E-state index in [4.69, 9.17) is 5.11 Å². The largest absolute Gasteiger partial charge is 0.478 e. The lowest BCUT2D eigenvalue weighted by atomic mass is 10.1. The Hall–Kier alpha value is -1.94. The standard InChI is InChI=1S/C12H9NO2S/c14-12(15)11-7-13-5-3-10(11)2-1-9-4-6-16-8-9/h1-8H,(H,14,15)/b2-1+. The zero-order valence-electron chi connectivity index (χ0n) is 8.33. The van der Waals surface area contributed by atoms with Crippen LogP contribution in [0.25, 0.3) is 12.2 Å². The summed E-state index contributed by atoms with van der Waals surface area (Å²) in [5, 5.41) is 12.9. The molecule has 0 amide bonds. The fourth-order valence-electron chi connectivity index (χ4n) is 1.29. The first kappa shape index (κ1) is 10.6. The van der Waals surface area contributed by atoms with Gasteiger partial charge in [-0.1, -0.05) is 12.2 Å². The minimum Gasteiger partial charge on any atom is -0.478 e. The van der Waals surface area contributed by atoms with Crippen LogP contribution in [0.2, 0.25) is 0 Å². The molecule has 0 spiro atoms. The van der Waals surface area contributed by atoms with Gasteiger partial charge in [-0.15, -0.1) is 0 Å². The van der Waals surface area contributed by atoms with Crippen molar-refractivity contribution in [3.63, 3.8) is 0 Å². The summed E-state index contributed by atoms with van der Waals surface area (Å²) in [7, 11) is 0. The van der Waals surface area contributed by atoms with Crippen LogP contribution in [0.5, 0.6) is 0 Å². The maximum absolute atomic E-state index is 10.9. The normalized spacial score (nSPS) is 10.8. The zero-order valence-corrected chi connectivity index (χ0v) is 9.15. The number of hydrogen-bond acceptors (Lipinski definition) is 3. The Kier molecular flexibility index (Phi) is 3.12. The van der Waals surface area contributed by atoms with Crippen LogP contribution in [0.15, 0.2) is 35.3 Å². The summed E-state index contributed by atoms with van der Waals surface area (Å²) < 4.78 is 0.